The number of hydrogen-bond donors (Lipinski definition) is 1. The lowest BCUT2D eigenvalue weighted by molar-refractivity contribution is 0.374. The molecule has 0 unspecified atom stereocenters. The second-order valence-electron chi connectivity index (χ2n) is 5.06. The molecule has 1 aliphatic carbocycles. The fourth-order valence-electron chi connectivity index (χ4n) is 2.48. The lowest BCUT2D eigenvalue weighted by atomic mass is 9.76. The first-order chi connectivity index (χ1) is 9.61. The molecule has 1 aromatic heterocycles. The molecular formula is C15H13BrClFN2. The Hall–Kier alpha value is -1.13. The number of halogens is 3. The van der Waals surface area contributed by atoms with Gasteiger partial charge in [-0.25, -0.2) is 9.37 Å². The molecule has 0 aliphatic heterocycles. The zero-order valence-corrected chi connectivity index (χ0v) is 13.0. The summed E-state index contributed by atoms with van der Waals surface area (Å²) in [5.41, 5.74) is 2.17. The van der Waals surface area contributed by atoms with Crippen LogP contribution in [0.1, 0.15) is 24.3 Å². The number of nitrogens with one attached hydrogen (secondary N) is 1. The van der Waals surface area contributed by atoms with Crippen LogP contribution in [0, 0.1) is 5.82 Å². The number of nitrogens with zero attached hydrogens (tertiary/aromatic N) is 1. The summed E-state index contributed by atoms with van der Waals surface area (Å²) in [5.74, 6) is 0.330. The fraction of sp³-hybridized carbons (Fsp3) is 0.267. The van der Waals surface area contributed by atoms with E-state index in [-0.39, 0.29) is 5.82 Å². The summed E-state index contributed by atoms with van der Waals surface area (Å²) in [6.07, 6.45) is 3.83. The van der Waals surface area contributed by atoms with Crippen LogP contribution in [0.3, 0.4) is 0 Å². The van der Waals surface area contributed by atoms with Crippen molar-refractivity contribution in [2.75, 3.05) is 5.32 Å². The second kappa shape index (κ2) is 5.70. The molecule has 0 saturated heterocycles. The van der Waals surface area contributed by atoms with Gasteiger partial charge in [-0.15, -0.1) is 0 Å². The van der Waals surface area contributed by atoms with Crippen molar-refractivity contribution in [2.24, 2.45) is 0 Å². The minimum Gasteiger partial charge on any atom is -0.381 e. The molecule has 1 saturated carbocycles. The molecule has 1 N–H and O–H groups in total. The first-order valence-electron chi connectivity index (χ1n) is 6.45. The van der Waals surface area contributed by atoms with E-state index in [0.717, 1.165) is 23.0 Å². The van der Waals surface area contributed by atoms with E-state index >= 15 is 0 Å². The number of benzene rings is 1. The minimum absolute atomic E-state index is 0.181. The Morgan fingerprint density at radius 1 is 1.25 bits per heavy atom. The third kappa shape index (κ3) is 2.96. The summed E-state index contributed by atoms with van der Waals surface area (Å²) in [4.78, 5) is 4.09. The van der Waals surface area contributed by atoms with Crippen molar-refractivity contribution in [3.8, 4) is 0 Å². The van der Waals surface area contributed by atoms with Crippen LogP contribution in [0.5, 0.6) is 0 Å². The van der Waals surface area contributed by atoms with Crippen molar-refractivity contribution < 1.29 is 4.39 Å². The van der Waals surface area contributed by atoms with E-state index in [1.807, 2.05) is 18.2 Å². The molecule has 2 aromatic rings. The monoisotopic (exact) mass is 354 g/mol. The molecule has 3 rings (SSSR count). The van der Waals surface area contributed by atoms with Gasteiger partial charge in [-0.05, 0) is 58.5 Å². The standard InChI is InChI=1S/C15H13BrClFN2/c16-14-7-13(8-19-15(14)17)20-12-5-10(6-12)9-1-3-11(18)4-2-9/h1-4,7-8,10,12,20H,5-6H2. The van der Waals surface area contributed by atoms with Crippen molar-refractivity contribution in [3.05, 3.63) is 57.5 Å². The van der Waals surface area contributed by atoms with E-state index in [1.165, 1.54) is 17.7 Å². The highest BCUT2D eigenvalue weighted by molar-refractivity contribution is 9.10. The first-order valence-corrected chi connectivity index (χ1v) is 7.62. The van der Waals surface area contributed by atoms with Crippen molar-refractivity contribution in [2.45, 2.75) is 24.8 Å². The molecule has 0 amide bonds. The van der Waals surface area contributed by atoms with Crippen molar-refractivity contribution in [3.63, 3.8) is 0 Å². The van der Waals surface area contributed by atoms with Gasteiger partial charge in [0.15, 0.2) is 0 Å². The van der Waals surface area contributed by atoms with Gasteiger partial charge in [-0.3, -0.25) is 0 Å². The van der Waals surface area contributed by atoms with Gasteiger partial charge in [-0.1, -0.05) is 23.7 Å². The van der Waals surface area contributed by atoms with Crippen LogP contribution in [-0.4, -0.2) is 11.0 Å². The summed E-state index contributed by atoms with van der Waals surface area (Å²) in [7, 11) is 0. The molecule has 1 aromatic carbocycles. The van der Waals surface area contributed by atoms with Gasteiger partial charge in [0.2, 0.25) is 0 Å². The molecule has 20 heavy (non-hydrogen) atoms. The topological polar surface area (TPSA) is 24.9 Å². The summed E-state index contributed by atoms with van der Waals surface area (Å²) in [6.45, 7) is 0. The van der Waals surface area contributed by atoms with Gasteiger partial charge in [0, 0.05) is 6.04 Å². The highest BCUT2D eigenvalue weighted by atomic mass is 79.9. The van der Waals surface area contributed by atoms with Gasteiger partial charge in [0.25, 0.3) is 0 Å². The molecule has 1 aliphatic rings. The second-order valence-corrected chi connectivity index (χ2v) is 6.27. The van der Waals surface area contributed by atoms with Crippen LogP contribution in [0.4, 0.5) is 10.1 Å². The zero-order chi connectivity index (χ0) is 14.1. The lowest BCUT2D eigenvalue weighted by Gasteiger charge is -2.36. The van der Waals surface area contributed by atoms with E-state index < -0.39 is 0 Å². The Bertz CT molecular complexity index is 612. The first kappa shape index (κ1) is 13.8. The van der Waals surface area contributed by atoms with Gasteiger partial charge in [0.1, 0.15) is 11.0 Å². The average Bonchev–Trinajstić information content (AvgIpc) is 2.39. The summed E-state index contributed by atoms with van der Waals surface area (Å²) >= 11 is 9.23. The predicted octanol–water partition coefficient (Wildman–Crippen LogP) is 4.99. The summed E-state index contributed by atoms with van der Waals surface area (Å²) < 4.78 is 13.7. The number of hydrogen-bond acceptors (Lipinski definition) is 2. The van der Waals surface area contributed by atoms with Crippen LogP contribution in [-0.2, 0) is 0 Å². The number of pyridine rings is 1. The number of anilines is 1. The third-order valence-electron chi connectivity index (χ3n) is 3.65. The average molecular weight is 356 g/mol. The Kier molecular flexibility index (Phi) is 3.94. The zero-order valence-electron chi connectivity index (χ0n) is 10.6. The molecule has 0 radical (unpaired) electrons. The van der Waals surface area contributed by atoms with Crippen LogP contribution in [0.2, 0.25) is 5.15 Å². The molecule has 0 bridgehead atoms. The summed E-state index contributed by atoms with van der Waals surface area (Å²) in [6, 6.07) is 9.15. The normalized spacial score (nSPS) is 21.4. The van der Waals surface area contributed by atoms with E-state index in [0.29, 0.717) is 17.1 Å². The Morgan fingerprint density at radius 2 is 1.95 bits per heavy atom. The van der Waals surface area contributed by atoms with Crippen LogP contribution >= 0.6 is 27.5 Å². The Labute approximate surface area is 130 Å². The molecule has 104 valence electrons. The molecule has 0 atom stereocenters. The maximum Gasteiger partial charge on any atom is 0.143 e. The molecule has 0 spiro atoms. The van der Waals surface area contributed by atoms with Crippen LogP contribution < -0.4 is 5.32 Å². The highest BCUT2D eigenvalue weighted by Gasteiger charge is 2.30. The Morgan fingerprint density at radius 3 is 2.60 bits per heavy atom. The van der Waals surface area contributed by atoms with Crippen molar-refractivity contribution in [1.82, 2.24) is 4.98 Å². The fourth-order valence-corrected chi connectivity index (χ4v) is 2.93. The van der Waals surface area contributed by atoms with Crippen LogP contribution in [0.25, 0.3) is 0 Å². The van der Waals surface area contributed by atoms with Gasteiger partial charge >= 0.3 is 0 Å². The number of rotatable bonds is 3. The quantitative estimate of drug-likeness (QED) is 0.784. The van der Waals surface area contributed by atoms with Gasteiger partial charge in [-0.2, -0.15) is 0 Å². The van der Waals surface area contributed by atoms with Crippen molar-refractivity contribution >= 4 is 33.2 Å². The molecule has 1 heterocycles. The smallest absolute Gasteiger partial charge is 0.143 e. The van der Waals surface area contributed by atoms with E-state index in [2.05, 4.69) is 26.2 Å². The Balaban J connectivity index is 1.58. The van der Waals surface area contributed by atoms with Crippen molar-refractivity contribution in [1.29, 1.82) is 0 Å². The molecular weight excluding hydrogens is 343 g/mol. The molecule has 5 heteroatoms. The predicted molar refractivity (Wildman–Crippen MR) is 82.7 cm³/mol. The SMILES string of the molecule is Fc1ccc(C2CC(Nc3cnc(Cl)c(Br)c3)C2)cc1. The highest BCUT2D eigenvalue weighted by Crippen LogP contribution is 2.38. The van der Waals surface area contributed by atoms with E-state index in [1.54, 1.807) is 6.20 Å². The van der Waals surface area contributed by atoms with Crippen LogP contribution in [0.15, 0.2) is 41.0 Å². The molecule has 2 nitrogen and oxygen atoms in total. The largest absolute Gasteiger partial charge is 0.381 e. The maximum absolute atomic E-state index is 12.9. The van der Waals surface area contributed by atoms with E-state index in [4.69, 9.17) is 11.6 Å². The van der Waals surface area contributed by atoms with E-state index in [9.17, 15) is 4.39 Å². The lowest BCUT2D eigenvalue weighted by Crippen LogP contribution is -2.34. The van der Waals surface area contributed by atoms with Gasteiger partial charge < -0.3 is 5.32 Å². The minimum atomic E-state index is -0.181. The number of aromatic nitrogens is 1. The maximum atomic E-state index is 12.9. The summed E-state index contributed by atoms with van der Waals surface area (Å²) in [5, 5.41) is 3.90. The van der Waals surface area contributed by atoms with Gasteiger partial charge in [0.05, 0.1) is 16.4 Å². The third-order valence-corrected chi connectivity index (χ3v) is 4.78. The molecule has 1 fully saturated rings.